The topological polar surface area (TPSA) is 144 Å². The van der Waals surface area contributed by atoms with Gasteiger partial charge in [-0.1, -0.05) is 32.8 Å². The van der Waals surface area contributed by atoms with Gasteiger partial charge in [0.15, 0.2) is 0 Å². The molecular weight excluding hydrogens is 533 g/mol. The molecule has 216 valence electrons. The number of carbonyl (C=O) groups excluding carboxylic acids is 1. The van der Waals surface area contributed by atoms with Gasteiger partial charge in [-0.3, -0.25) is 14.8 Å². The molecule has 6 N–H and O–H groups in total. The lowest BCUT2D eigenvalue weighted by molar-refractivity contribution is -0.136. The summed E-state index contributed by atoms with van der Waals surface area (Å²) in [6.45, 7) is 8.71. The average molecular weight is 568 g/mol. The third-order valence-corrected chi connectivity index (χ3v) is 7.76. The molecule has 1 saturated carbocycles. The zero-order chi connectivity index (χ0) is 30.2. The molecule has 1 aromatic carbocycles. The van der Waals surface area contributed by atoms with Crippen LogP contribution in [-0.4, -0.2) is 33.0 Å². The van der Waals surface area contributed by atoms with E-state index in [1.807, 2.05) is 6.07 Å². The molecule has 0 spiro atoms. The Bertz CT molecular complexity index is 1670. The zero-order valence-corrected chi connectivity index (χ0v) is 24.1. The smallest absolute Gasteiger partial charge is 0.244 e. The molecule has 42 heavy (non-hydrogen) atoms. The maximum atomic E-state index is 14.0. The van der Waals surface area contributed by atoms with Gasteiger partial charge in [0.2, 0.25) is 11.9 Å². The molecule has 0 radical (unpaired) electrons. The fourth-order valence-electron chi connectivity index (χ4n) is 5.28. The van der Waals surface area contributed by atoms with Crippen LogP contribution in [0.4, 0.5) is 15.8 Å². The molecule has 0 bridgehead atoms. The number of hydrazine groups is 2. The molecule has 1 atom stereocenters. The lowest BCUT2D eigenvalue weighted by atomic mass is 9.75. The highest BCUT2D eigenvalue weighted by molar-refractivity contribution is 5.99. The number of terminal acetylenes is 1. The van der Waals surface area contributed by atoms with Gasteiger partial charge in [-0.05, 0) is 49.8 Å². The van der Waals surface area contributed by atoms with E-state index in [9.17, 15) is 14.4 Å². The normalized spacial score (nSPS) is 16.5. The van der Waals surface area contributed by atoms with E-state index in [1.54, 1.807) is 36.5 Å². The van der Waals surface area contributed by atoms with E-state index >= 15 is 0 Å². The van der Waals surface area contributed by atoms with Crippen LogP contribution < -0.4 is 27.3 Å². The molecule has 0 unspecified atom stereocenters. The van der Waals surface area contributed by atoms with Crippen molar-refractivity contribution in [2.45, 2.75) is 58.5 Å². The van der Waals surface area contributed by atoms with Crippen molar-refractivity contribution in [1.29, 1.82) is 5.26 Å². The molecule has 1 aliphatic heterocycles. The Morgan fingerprint density at radius 3 is 2.67 bits per heavy atom. The number of aryl methyl sites for hydroxylation is 1. The van der Waals surface area contributed by atoms with Crippen LogP contribution >= 0.6 is 0 Å². The third kappa shape index (κ3) is 5.27. The second-order valence-corrected chi connectivity index (χ2v) is 12.0. The van der Waals surface area contributed by atoms with Crippen molar-refractivity contribution in [2.24, 2.45) is 11.1 Å². The number of fused-ring (bicyclic) bond motifs is 1. The highest BCUT2D eigenvalue weighted by Gasteiger charge is 2.49. The Morgan fingerprint density at radius 1 is 1.31 bits per heavy atom. The zero-order valence-electron chi connectivity index (χ0n) is 24.1. The fraction of sp³-hybridized carbons (Fsp3) is 0.355. The molecule has 1 amide bonds. The van der Waals surface area contributed by atoms with E-state index in [0.717, 1.165) is 6.42 Å². The summed E-state index contributed by atoms with van der Waals surface area (Å²) >= 11 is 0. The van der Waals surface area contributed by atoms with Crippen LogP contribution in [0.1, 0.15) is 68.5 Å². The number of nitriles is 1. The van der Waals surface area contributed by atoms with Crippen LogP contribution in [0.5, 0.6) is 0 Å². The predicted octanol–water partition coefficient (Wildman–Crippen LogP) is 4.12. The minimum absolute atomic E-state index is 0.0320. The minimum atomic E-state index is -0.836. The van der Waals surface area contributed by atoms with Crippen LogP contribution in [-0.2, 0) is 4.79 Å². The van der Waals surface area contributed by atoms with Crippen LogP contribution in [0.3, 0.4) is 0 Å². The molecular formula is C31H34FN9O. The number of carbonyl (C=O) groups is 1. The van der Waals surface area contributed by atoms with Gasteiger partial charge in [-0.2, -0.15) is 9.65 Å². The largest absolute Gasteiger partial charge is 0.383 e. The molecule has 3 aromatic rings. The molecule has 10 nitrogen and oxygen atoms in total. The van der Waals surface area contributed by atoms with E-state index in [-0.39, 0.29) is 5.41 Å². The van der Waals surface area contributed by atoms with Crippen molar-refractivity contribution in [3.05, 3.63) is 70.7 Å². The summed E-state index contributed by atoms with van der Waals surface area (Å²) in [7, 11) is 0. The molecule has 0 saturated heterocycles. The van der Waals surface area contributed by atoms with Gasteiger partial charge in [0.05, 0.1) is 34.1 Å². The summed E-state index contributed by atoms with van der Waals surface area (Å²) in [5.74, 6) is 1.70. The van der Waals surface area contributed by atoms with E-state index < -0.39 is 23.4 Å². The van der Waals surface area contributed by atoms with Gasteiger partial charge in [0.1, 0.15) is 11.6 Å². The summed E-state index contributed by atoms with van der Waals surface area (Å²) in [6, 6.07) is 8.26. The monoisotopic (exact) mass is 567 g/mol. The SMILES string of the molecule is C#Cc1cnc2c(C#N)cc(N[C@H](C3=CN(C4(C(N)=O)CCC4)NN3)c3ccc(F)nc3C)cc2c1NCC(C)(C)C. The Kier molecular flexibility index (Phi) is 7.40. The first-order chi connectivity index (χ1) is 20.0. The number of nitrogens with two attached hydrogens (primary N) is 1. The third-order valence-electron chi connectivity index (χ3n) is 7.76. The quantitative estimate of drug-likeness (QED) is 0.201. The van der Waals surface area contributed by atoms with Crippen molar-refractivity contribution in [3.8, 4) is 18.4 Å². The summed E-state index contributed by atoms with van der Waals surface area (Å²) in [4.78, 5) is 20.9. The number of nitrogens with one attached hydrogen (secondary N) is 4. The highest BCUT2D eigenvalue weighted by Crippen LogP contribution is 2.40. The van der Waals surface area contributed by atoms with Crippen LogP contribution in [0.25, 0.3) is 10.9 Å². The Balaban J connectivity index is 1.61. The highest BCUT2D eigenvalue weighted by atomic mass is 19.1. The molecule has 3 heterocycles. The number of nitrogens with zero attached hydrogens (tertiary/aromatic N) is 4. The molecule has 2 aliphatic rings. The van der Waals surface area contributed by atoms with Crippen molar-refractivity contribution in [1.82, 2.24) is 25.9 Å². The second kappa shape index (κ2) is 10.8. The number of aromatic nitrogens is 2. The molecule has 1 aliphatic carbocycles. The standard InChI is InChI=1S/C31H34FN9O/c1-6-19-15-35-27-20(14-33)12-21(13-23(27)26(19)36-17-30(3,4)5)38-28(22-8-9-25(32)37-18(22)2)24-16-41(40-39-24)31(29(34)42)10-7-11-31/h1,8-9,12-13,15-16,28,38-40H,7,10-11,17H2,2-5H3,(H2,34,42)(H,35,36)/t28-/m0/s1. The van der Waals surface area contributed by atoms with Gasteiger partial charge in [-0.15, -0.1) is 12.0 Å². The lowest BCUT2D eigenvalue weighted by Crippen LogP contribution is -2.63. The first-order valence-corrected chi connectivity index (χ1v) is 13.8. The molecule has 2 aromatic heterocycles. The van der Waals surface area contributed by atoms with Crippen LogP contribution in [0.15, 0.2) is 42.4 Å². The number of benzene rings is 1. The van der Waals surface area contributed by atoms with Crippen molar-refractivity contribution in [2.75, 3.05) is 17.2 Å². The van der Waals surface area contributed by atoms with Gasteiger partial charge in [0, 0.05) is 41.3 Å². The fourth-order valence-corrected chi connectivity index (χ4v) is 5.28. The number of primary amides is 1. The van der Waals surface area contributed by atoms with Crippen molar-refractivity contribution < 1.29 is 9.18 Å². The molecule has 1 fully saturated rings. The number of hydrogen-bond acceptors (Lipinski definition) is 9. The maximum absolute atomic E-state index is 14.0. The van der Waals surface area contributed by atoms with Gasteiger partial charge < -0.3 is 21.8 Å². The lowest BCUT2D eigenvalue weighted by Gasteiger charge is -2.44. The maximum Gasteiger partial charge on any atom is 0.244 e. The number of amides is 1. The van der Waals surface area contributed by atoms with Gasteiger partial charge >= 0.3 is 0 Å². The second-order valence-electron chi connectivity index (χ2n) is 12.0. The number of rotatable bonds is 8. The predicted molar refractivity (Wildman–Crippen MR) is 160 cm³/mol. The number of anilines is 2. The Morgan fingerprint density at radius 2 is 2.07 bits per heavy atom. The van der Waals surface area contributed by atoms with Crippen LogP contribution in [0.2, 0.25) is 0 Å². The number of hydrogen-bond donors (Lipinski definition) is 5. The van der Waals surface area contributed by atoms with E-state index in [4.69, 9.17) is 12.2 Å². The van der Waals surface area contributed by atoms with E-state index in [1.165, 1.54) is 6.07 Å². The summed E-state index contributed by atoms with van der Waals surface area (Å²) in [5, 5.41) is 19.4. The molecule has 11 heteroatoms. The van der Waals surface area contributed by atoms with Gasteiger partial charge in [0.25, 0.3) is 0 Å². The van der Waals surface area contributed by atoms with E-state index in [0.29, 0.717) is 69.7 Å². The first kappa shape index (κ1) is 28.7. The Hall–Kier alpha value is -4.87. The van der Waals surface area contributed by atoms with Crippen LogP contribution in [0, 0.1) is 42.0 Å². The number of pyridine rings is 2. The first-order valence-electron chi connectivity index (χ1n) is 13.8. The number of halogens is 1. The van der Waals surface area contributed by atoms with E-state index in [2.05, 4.69) is 64.3 Å². The summed E-state index contributed by atoms with van der Waals surface area (Å²) < 4.78 is 14.0. The minimum Gasteiger partial charge on any atom is -0.383 e. The van der Waals surface area contributed by atoms with Crippen molar-refractivity contribution in [3.63, 3.8) is 0 Å². The summed E-state index contributed by atoms with van der Waals surface area (Å²) in [5.41, 5.74) is 15.8. The molecule has 5 rings (SSSR count). The van der Waals surface area contributed by atoms with Gasteiger partial charge in [-0.25, -0.2) is 4.98 Å². The average Bonchev–Trinajstić information content (AvgIpc) is 3.38. The summed E-state index contributed by atoms with van der Waals surface area (Å²) in [6.07, 6.45) is 11.4. The van der Waals surface area contributed by atoms with Crippen molar-refractivity contribution >= 4 is 28.2 Å². The Labute approximate surface area is 244 Å².